The zero-order valence-electron chi connectivity index (χ0n) is 20.7. The maximum atomic E-state index is 15.8. The number of hydrogen-bond acceptors (Lipinski definition) is 3. The van der Waals surface area contributed by atoms with E-state index in [0.717, 1.165) is 24.8 Å². The minimum Gasteiger partial charge on any atom is -0.325 e. The number of para-hydroxylation sites is 1. The Balaban J connectivity index is 1.55. The molecule has 2 spiro atoms. The molecule has 8 heteroatoms. The number of fused-ring (bicyclic) bond motifs is 2. The molecule has 0 aromatic heterocycles. The average molecular weight is 552 g/mol. The Morgan fingerprint density at radius 3 is 2.50 bits per heavy atom. The molecule has 3 aromatic rings. The van der Waals surface area contributed by atoms with Crippen LogP contribution in [0.2, 0.25) is 10.0 Å². The van der Waals surface area contributed by atoms with Crippen LogP contribution in [0.15, 0.2) is 66.7 Å². The SMILES string of the molecule is O=C(Nc1ccccc1)[C@@H]1NC2(CCCCC2)[C@]2(Cc3ccc(Cl)cc3NC2=O)[C@H]1c1cccc(Cl)c1F. The maximum Gasteiger partial charge on any atom is 0.242 e. The second-order valence-electron chi connectivity index (χ2n) is 10.6. The lowest BCUT2D eigenvalue weighted by atomic mass is 9.54. The van der Waals surface area contributed by atoms with Crippen LogP contribution >= 0.6 is 23.2 Å². The standard InChI is InChI=1S/C30H28Cl2FN3O2/c31-19-13-12-18-17-30(28(38)35-23(18)16-19)24(21-10-7-11-22(32)25(21)33)26(36-29(30)14-5-2-6-15-29)27(37)34-20-8-3-1-4-9-20/h1,3-4,7-13,16,24,26,36H,2,5-6,14-15,17H2,(H,34,37)(H,35,38)/t24-,26+,30+/m0/s1. The van der Waals surface area contributed by atoms with E-state index in [1.54, 1.807) is 36.4 Å². The zero-order valence-corrected chi connectivity index (χ0v) is 22.2. The summed E-state index contributed by atoms with van der Waals surface area (Å²) < 4.78 is 15.8. The van der Waals surface area contributed by atoms with Gasteiger partial charge in [0.15, 0.2) is 0 Å². The Bertz CT molecular complexity index is 1410. The lowest BCUT2D eigenvalue weighted by molar-refractivity contribution is -0.131. The quantitative estimate of drug-likeness (QED) is 0.338. The molecule has 1 saturated heterocycles. The fourth-order valence-corrected chi connectivity index (χ4v) is 7.43. The van der Waals surface area contributed by atoms with Crippen molar-refractivity contribution in [3.63, 3.8) is 0 Å². The first kappa shape index (κ1) is 25.4. The third-order valence-corrected chi connectivity index (χ3v) is 9.22. The van der Waals surface area contributed by atoms with E-state index in [4.69, 9.17) is 23.2 Å². The van der Waals surface area contributed by atoms with Crippen LogP contribution in [0.25, 0.3) is 0 Å². The number of carbonyl (C=O) groups is 2. The van der Waals surface area contributed by atoms with Crippen LogP contribution in [0.3, 0.4) is 0 Å². The van der Waals surface area contributed by atoms with Crippen molar-refractivity contribution < 1.29 is 14.0 Å². The minimum atomic E-state index is -1.13. The first-order valence-electron chi connectivity index (χ1n) is 13.0. The molecule has 0 unspecified atom stereocenters. The van der Waals surface area contributed by atoms with Gasteiger partial charge in [0.05, 0.1) is 16.5 Å². The Morgan fingerprint density at radius 1 is 0.974 bits per heavy atom. The molecule has 196 valence electrons. The average Bonchev–Trinajstić information content (AvgIpc) is 3.17. The van der Waals surface area contributed by atoms with Crippen LogP contribution in [0.4, 0.5) is 15.8 Å². The van der Waals surface area contributed by atoms with Crippen molar-refractivity contribution in [2.75, 3.05) is 10.6 Å². The van der Waals surface area contributed by atoms with Crippen LogP contribution in [-0.4, -0.2) is 23.4 Å². The van der Waals surface area contributed by atoms with Gasteiger partial charge in [0.1, 0.15) is 5.82 Å². The van der Waals surface area contributed by atoms with Gasteiger partial charge in [-0.25, -0.2) is 4.39 Å². The molecule has 1 saturated carbocycles. The highest BCUT2D eigenvalue weighted by Gasteiger charge is 2.70. The highest BCUT2D eigenvalue weighted by molar-refractivity contribution is 6.31. The number of rotatable bonds is 3. The summed E-state index contributed by atoms with van der Waals surface area (Å²) in [6, 6.07) is 18.6. The highest BCUT2D eigenvalue weighted by Crippen LogP contribution is 2.61. The number of hydrogen-bond donors (Lipinski definition) is 3. The van der Waals surface area contributed by atoms with Gasteiger partial charge in [-0.1, -0.05) is 78.9 Å². The number of amides is 2. The largest absolute Gasteiger partial charge is 0.325 e. The molecule has 6 rings (SSSR count). The van der Waals surface area contributed by atoms with Gasteiger partial charge in [-0.15, -0.1) is 0 Å². The molecule has 0 radical (unpaired) electrons. The molecule has 3 N–H and O–H groups in total. The Morgan fingerprint density at radius 2 is 1.74 bits per heavy atom. The second-order valence-corrected chi connectivity index (χ2v) is 11.5. The summed E-state index contributed by atoms with van der Waals surface area (Å²) >= 11 is 12.5. The lowest BCUT2D eigenvalue weighted by Gasteiger charge is -2.51. The van der Waals surface area contributed by atoms with Crippen molar-refractivity contribution in [3.8, 4) is 0 Å². The summed E-state index contributed by atoms with van der Waals surface area (Å²) in [6.07, 6.45) is 4.63. The Hall–Kier alpha value is -2.93. The van der Waals surface area contributed by atoms with Crippen molar-refractivity contribution in [1.82, 2.24) is 5.32 Å². The number of halogens is 3. The summed E-state index contributed by atoms with van der Waals surface area (Å²) in [5.41, 5.74) is 0.645. The summed E-state index contributed by atoms with van der Waals surface area (Å²) in [5, 5.41) is 10.2. The van der Waals surface area contributed by atoms with Gasteiger partial charge in [-0.3, -0.25) is 14.9 Å². The third kappa shape index (κ3) is 3.93. The third-order valence-electron chi connectivity index (χ3n) is 8.69. The first-order chi connectivity index (χ1) is 18.3. The van der Waals surface area contributed by atoms with E-state index in [0.29, 0.717) is 35.7 Å². The van der Waals surface area contributed by atoms with Gasteiger partial charge in [-0.2, -0.15) is 0 Å². The molecule has 2 fully saturated rings. The molecule has 0 bridgehead atoms. The van der Waals surface area contributed by atoms with Crippen molar-refractivity contribution in [2.45, 2.75) is 56.0 Å². The summed E-state index contributed by atoms with van der Waals surface area (Å²) in [6.45, 7) is 0. The summed E-state index contributed by atoms with van der Waals surface area (Å²) in [7, 11) is 0. The van der Waals surface area contributed by atoms with E-state index in [9.17, 15) is 9.59 Å². The molecule has 38 heavy (non-hydrogen) atoms. The normalized spacial score (nSPS) is 25.7. The zero-order chi connectivity index (χ0) is 26.5. The molecule has 3 aliphatic rings. The van der Waals surface area contributed by atoms with Gasteiger partial charge < -0.3 is 10.6 Å². The fraction of sp³-hybridized carbons (Fsp3) is 0.333. The summed E-state index contributed by atoms with van der Waals surface area (Å²) in [4.78, 5) is 28.4. The molecular weight excluding hydrogens is 524 g/mol. The van der Waals surface area contributed by atoms with E-state index < -0.39 is 28.7 Å². The van der Waals surface area contributed by atoms with E-state index in [1.165, 1.54) is 6.07 Å². The minimum absolute atomic E-state index is 0.0344. The Kier molecular flexibility index (Phi) is 6.45. The summed E-state index contributed by atoms with van der Waals surface area (Å²) in [5.74, 6) is -1.93. The van der Waals surface area contributed by atoms with Crippen molar-refractivity contribution in [1.29, 1.82) is 0 Å². The van der Waals surface area contributed by atoms with Crippen LogP contribution in [0, 0.1) is 11.2 Å². The number of anilines is 2. The molecule has 2 amide bonds. The van der Waals surface area contributed by atoms with Gasteiger partial charge in [0.25, 0.3) is 0 Å². The number of carbonyl (C=O) groups excluding carboxylic acids is 2. The predicted molar refractivity (Wildman–Crippen MR) is 148 cm³/mol. The molecular formula is C30H28Cl2FN3O2. The molecule has 2 aliphatic heterocycles. The van der Waals surface area contributed by atoms with Crippen LogP contribution < -0.4 is 16.0 Å². The van der Waals surface area contributed by atoms with Gasteiger partial charge in [-0.05, 0) is 60.7 Å². The number of benzene rings is 3. The van der Waals surface area contributed by atoms with E-state index in [2.05, 4.69) is 16.0 Å². The maximum absolute atomic E-state index is 15.8. The fourth-order valence-electron chi connectivity index (χ4n) is 7.07. The highest BCUT2D eigenvalue weighted by atomic mass is 35.5. The van der Waals surface area contributed by atoms with Crippen LogP contribution in [0.1, 0.15) is 49.1 Å². The van der Waals surface area contributed by atoms with Crippen LogP contribution in [-0.2, 0) is 16.0 Å². The molecule has 1 aliphatic carbocycles. The van der Waals surface area contributed by atoms with Crippen molar-refractivity contribution >= 4 is 46.4 Å². The smallest absolute Gasteiger partial charge is 0.242 e. The molecule has 3 aromatic carbocycles. The Labute approximate surface area is 231 Å². The topological polar surface area (TPSA) is 70.2 Å². The first-order valence-corrected chi connectivity index (χ1v) is 13.8. The van der Waals surface area contributed by atoms with Gasteiger partial charge in [0.2, 0.25) is 11.8 Å². The molecule has 3 atom stereocenters. The van der Waals surface area contributed by atoms with E-state index in [-0.39, 0.29) is 22.4 Å². The van der Waals surface area contributed by atoms with E-state index in [1.807, 2.05) is 24.3 Å². The van der Waals surface area contributed by atoms with Crippen LogP contribution in [0.5, 0.6) is 0 Å². The van der Waals surface area contributed by atoms with Crippen molar-refractivity contribution in [2.24, 2.45) is 5.41 Å². The second kappa shape index (κ2) is 9.67. The van der Waals surface area contributed by atoms with Crippen molar-refractivity contribution in [3.05, 3.63) is 93.7 Å². The molecule has 2 heterocycles. The predicted octanol–water partition coefficient (Wildman–Crippen LogP) is 6.71. The number of nitrogens with one attached hydrogen (secondary N) is 3. The monoisotopic (exact) mass is 551 g/mol. The molecule has 5 nitrogen and oxygen atoms in total. The van der Waals surface area contributed by atoms with Gasteiger partial charge in [0, 0.05) is 27.9 Å². The lowest BCUT2D eigenvalue weighted by Crippen LogP contribution is -2.61. The van der Waals surface area contributed by atoms with E-state index >= 15 is 4.39 Å². The van der Waals surface area contributed by atoms with Gasteiger partial charge >= 0.3 is 0 Å².